The molecule has 1 aromatic heterocycles. The molecule has 0 aliphatic heterocycles. The number of hydrogen-bond donors (Lipinski definition) is 2. The second-order valence-electron chi connectivity index (χ2n) is 4.16. The molecule has 5 heteroatoms. The van der Waals surface area contributed by atoms with Gasteiger partial charge in [-0.15, -0.1) is 0 Å². The van der Waals surface area contributed by atoms with Crippen LogP contribution in [0.5, 0.6) is 0 Å². The Morgan fingerprint density at radius 3 is 2.71 bits per heavy atom. The molecule has 0 aromatic carbocycles. The van der Waals surface area contributed by atoms with E-state index in [1.54, 1.807) is 6.07 Å². The highest BCUT2D eigenvalue weighted by molar-refractivity contribution is 5.93. The molecule has 1 amide bonds. The molecule has 0 unspecified atom stereocenters. The number of nitrogens with one attached hydrogen (secondary N) is 1. The highest BCUT2D eigenvalue weighted by atomic mass is 16.3. The molecule has 3 N–H and O–H groups in total. The van der Waals surface area contributed by atoms with Crippen molar-refractivity contribution < 1.29 is 9.21 Å². The molecule has 0 saturated heterocycles. The fourth-order valence-corrected chi connectivity index (χ4v) is 1.95. The van der Waals surface area contributed by atoms with Gasteiger partial charge in [-0.25, -0.2) is 5.84 Å². The average molecular weight is 239 g/mol. The average Bonchev–Trinajstić information content (AvgIpc) is 2.78. The molecule has 1 rings (SSSR count). The fourth-order valence-electron chi connectivity index (χ4n) is 1.95. The van der Waals surface area contributed by atoms with E-state index in [1.165, 1.54) is 6.26 Å². The Morgan fingerprint density at radius 2 is 2.18 bits per heavy atom. The van der Waals surface area contributed by atoms with Gasteiger partial charge in [0.15, 0.2) is 0 Å². The molecule has 1 aromatic rings. The third kappa shape index (κ3) is 3.57. The Balaban J connectivity index is 2.62. The Labute approximate surface area is 102 Å². The van der Waals surface area contributed by atoms with Gasteiger partial charge in [-0.1, -0.05) is 13.8 Å². The molecule has 17 heavy (non-hydrogen) atoms. The van der Waals surface area contributed by atoms with Gasteiger partial charge in [-0.2, -0.15) is 0 Å². The van der Waals surface area contributed by atoms with Gasteiger partial charge >= 0.3 is 0 Å². The molecule has 5 nitrogen and oxygen atoms in total. The number of carbonyl (C=O) groups is 1. The van der Waals surface area contributed by atoms with E-state index >= 15 is 0 Å². The number of nitrogen functional groups attached to an aromatic ring is 1. The number of nitrogens with two attached hydrogens (primary N) is 1. The molecule has 0 spiro atoms. The molecular weight excluding hydrogens is 218 g/mol. The number of amides is 1. The van der Waals surface area contributed by atoms with E-state index in [1.807, 2.05) is 0 Å². The number of hydrazine groups is 1. The number of rotatable bonds is 6. The van der Waals surface area contributed by atoms with Crippen molar-refractivity contribution in [2.75, 3.05) is 7.05 Å². The van der Waals surface area contributed by atoms with E-state index in [-0.39, 0.29) is 5.91 Å². The minimum absolute atomic E-state index is 0.329. The van der Waals surface area contributed by atoms with Crippen molar-refractivity contribution in [1.29, 1.82) is 0 Å². The molecule has 0 bridgehead atoms. The van der Waals surface area contributed by atoms with Crippen molar-refractivity contribution in [3.63, 3.8) is 0 Å². The normalized spacial score (nSPS) is 11.2. The first kappa shape index (κ1) is 13.7. The first-order valence-corrected chi connectivity index (χ1v) is 5.90. The smallest absolute Gasteiger partial charge is 0.268 e. The second-order valence-corrected chi connectivity index (χ2v) is 4.16. The van der Waals surface area contributed by atoms with Crippen molar-refractivity contribution in [2.24, 2.45) is 5.84 Å². The molecule has 0 atom stereocenters. The highest BCUT2D eigenvalue weighted by Gasteiger charge is 2.14. The van der Waals surface area contributed by atoms with Gasteiger partial charge in [-0.05, 0) is 26.0 Å². The van der Waals surface area contributed by atoms with Crippen LogP contribution < -0.4 is 11.3 Å². The summed E-state index contributed by atoms with van der Waals surface area (Å²) in [7, 11) is 2.06. The molecular formula is C12H21N3O2. The van der Waals surface area contributed by atoms with E-state index < -0.39 is 0 Å². The molecule has 0 aliphatic carbocycles. The molecule has 0 fully saturated rings. The standard InChI is InChI=1S/C12H21N3O2/c1-4-10(5-2)15(3)7-11-6-9(8-17-11)12(16)14-13/h6,8,10H,4-5,7,13H2,1-3H3,(H,14,16). The Bertz CT molecular complexity index is 358. The summed E-state index contributed by atoms with van der Waals surface area (Å²) in [6.07, 6.45) is 3.63. The summed E-state index contributed by atoms with van der Waals surface area (Å²) in [6, 6.07) is 2.26. The second kappa shape index (κ2) is 6.42. The van der Waals surface area contributed by atoms with E-state index in [4.69, 9.17) is 10.3 Å². The van der Waals surface area contributed by atoms with Crippen molar-refractivity contribution >= 4 is 5.91 Å². The van der Waals surface area contributed by atoms with Crippen LogP contribution in [0.4, 0.5) is 0 Å². The lowest BCUT2D eigenvalue weighted by atomic mass is 10.1. The maximum atomic E-state index is 11.2. The lowest BCUT2D eigenvalue weighted by Crippen LogP contribution is -2.30. The maximum absolute atomic E-state index is 11.2. The van der Waals surface area contributed by atoms with E-state index in [0.717, 1.165) is 18.6 Å². The van der Waals surface area contributed by atoms with Crippen molar-refractivity contribution in [1.82, 2.24) is 10.3 Å². The van der Waals surface area contributed by atoms with Gasteiger partial charge in [-0.3, -0.25) is 15.1 Å². The summed E-state index contributed by atoms with van der Waals surface area (Å²) in [6.45, 7) is 5.03. The van der Waals surface area contributed by atoms with Crippen LogP contribution in [0.2, 0.25) is 0 Å². The van der Waals surface area contributed by atoms with Crippen LogP contribution in [0, 0.1) is 0 Å². The quantitative estimate of drug-likeness (QED) is 0.448. The molecule has 0 radical (unpaired) electrons. The zero-order valence-corrected chi connectivity index (χ0v) is 10.7. The van der Waals surface area contributed by atoms with Crippen LogP contribution in [-0.4, -0.2) is 23.9 Å². The first-order valence-electron chi connectivity index (χ1n) is 5.90. The van der Waals surface area contributed by atoms with Gasteiger partial charge in [0.2, 0.25) is 0 Å². The first-order chi connectivity index (χ1) is 8.12. The van der Waals surface area contributed by atoms with Crippen LogP contribution in [0.15, 0.2) is 16.7 Å². The third-order valence-corrected chi connectivity index (χ3v) is 3.02. The SMILES string of the molecule is CCC(CC)N(C)Cc1cc(C(=O)NN)co1. The summed E-state index contributed by atoms with van der Waals surface area (Å²) in [5.74, 6) is 5.50. The predicted octanol–water partition coefficient (Wildman–Crippen LogP) is 1.50. The summed E-state index contributed by atoms with van der Waals surface area (Å²) in [5.41, 5.74) is 2.54. The molecule has 0 aliphatic rings. The number of hydrogen-bond acceptors (Lipinski definition) is 4. The van der Waals surface area contributed by atoms with Crippen LogP contribution in [-0.2, 0) is 6.54 Å². The van der Waals surface area contributed by atoms with Crippen LogP contribution in [0.1, 0.15) is 42.8 Å². The van der Waals surface area contributed by atoms with Gasteiger partial charge in [0.05, 0.1) is 12.1 Å². The Hall–Kier alpha value is -1.33. The zero-order valence-electron chi connectivity index (χ0n) is 10.7. The van der Waals surface area contributed by atoms with Crippen molar-refractivity contribution in [2.45, 2.75) is 39.3 Å². The number of carbonyl (C=O) groups excluding carboxylic acids is 1. The summed E-state index contributed by atoms with van der Waals surface area (Å²) in [4.78, 5) is 13.5. The summed E-state index contributed by atoms with van der Waals surface area (Å²) >= 11 is 0. The van der Waals surface area contributed by atoms with Crippen LogP contribution in [0.3, 0.4) is 0 Å². The lowest BCUT2D eigenvalue weighted by molar-refractivity contribution is 0.0953. The fraction of sp³-hybridized carbons (Fsp3) is 0.583. The van der Waals surface area contributed by atoms with Crippen LogP contribution >= 0.6 is 0 Å². The minimum atomic E-state index is -0.329. The molecule has 96 valence electrons. The minimum Gasteiger partial charge on any atom is -0.467 e. The summed E-state index contributed by atoms with van der Waals surface area (Å²) < 4.78 is 5.34. The topological polar surface area (TPSA) is 71.5 Å². The monoisotopic (exact) mass is 239 g/mol. The summed E-state index contributed by atoms with van der Waals surface area (Å²) in [5, 5.41) is 0. The van der Waals surface area contributed by atoms with Crippen molar-refractivity contribution in [3.05, 3.63) is 23.7 Å². The van der Waals surface area contributed by atoms with Gasteiger partial charge in [0.25, 0.3) is 5.91 Å². The zero-order chi connectivity index (χ0) is 12.8. The van der Waals surface area contributed by atoms with Crippen molar-refractivity contribution in [3.8, 4) is 0 Å². The van der Waals surface area contributed by atoms with Gasteiger partial charge in [0.1, 0.15) is 12.0 Å². The lowest BCUT2D eigenvalue weighted by Gasteiger charge is -2.24. The molecule has 1 heterocycles. The number of nitrogens with zero attached hydrogens (tertiary/aromatic N) is 1. The van der Waals surface area contributed by atoms with E-state index in [9.17, 15) is 4.79 Å². The van der Waals surface area contributed by atoms with Gasteiger partial charge < -0.3 is 4.42 Å². The third-order valence-electron chi connectivity index (χ3n) is 3.02. The Morgan fingerprint density at radius 1 is 1.53 bits per heavy atom. The largest absolute Gasteiger partial charge is 0.467 e. The Kier molecular flexibility index (Phi) is 5.18. The van der Waals surface area contributed by atoms with Gasteiger partial charge in [0, 0.05) is 6.04 Å². The molecule has 0 saturated carbocycles. The van der Waals surface area contributed by atoms with E-state index in [2.05, 4.69) is 31.2 Å². The van der Waals surface area contributed by atoms with E-state index in [0.29, 0.717) is 18.2 Å². The van der Waals surface area contributed by atoms with Crippen LogP contribution in [0.25, 0.3) is 0 Å². The highest BCUT2D eigenvalue weighted by Crippen LogP contribution is 2.14. The maximum Gasteiger partial charge on any atom is 0.268 e. The number of furan rings is 1. The predicted molar refractivity (Wildman–Crippen MR) is 66.2 cm³/mol.